The van der Waals surface area contributed by atoms with E-state index < -0.39 is 0 Å². The van der Waals surface area contributed by atoms with Gasteiger partial charge in [-0.3, -0.25) is 4.90 Å². The van der Waals surface area contributed by atoms with Gasteiger partial charge in [-0.05, 0) is 25.5 Å². The fraction of sp³-hybridized carbons (Fsp3) is 0.688. The summed E-state index contributed by atoms with van der Waals surface area (Å²) >= 11 is 0. The second-order valence-electron chi connectivity index (χ2n) is 5.85. The molecule has 20 heavy (non-hydrogen) atoms. The number of rotatable bonds is 6. The number of piperidine rings is 1. The second-order valence-corrected chi connectivity index (χ2v) is 5.85. The van der Waals surface area contributed by atoms with Crippen LogP contribution >= 0.6 is 0 Å². The number of ether oxygens (including phenoxy) is 1. The van der Waals surface area contributed by atoms with Gasteiger partial charge in [0.1, 0.15) is 0 Å². The van der Waals surface area contributed by atoms with Crippen molar-refractivity contribution in [2.75, 3.05) is 20.2 Å². The minimum atomic E-state index is 0.550. The van der Waals surface area contributed by atoms with Crippen LogP contribution in [-0.2, 0) is 6.54 Å². The van der Waals surface area contributed by atoms with Crippen LogP contribution in [0.15, 0.2) is 18.2 Å². The number of nitrogens with zero attached hydrogens (tertiary/aromatic N) is 2. The third-order valence-corrected chi connectivity index (χ3v) is 3.87. The van der Waals surface area contributed by atoms with Gasteiger partial charge in [0.05, 0.1) is 12.8 Å². The molecular formula is C16H27N3O. The third-order valence-electron chi connectivity index (χ3n) is 3.87. The number of likely N-dealkylation sites (tertiary alicyclic amines) is 1. The molecule has 1 N–H and O–H groups in total. The number of pyridine rings is 1. The summed E-state index contributed by atoms with van der Waals surface area (Å²) in [5.41, 5.74) is 1.10. The van der Waals surface area contributed by atoms with Gasteiger partial charge in [-0.15, -0.1) is 0 Å². The Balaban J connectivity index is 1.96. The lowest BCUT2D eigenvalue weighted by molar-refractivity contribution is 0.134. The SMILES string of the molecule is COc1cccc(CN2CCCCC2CNC(C)C)n1. The zero-order valence-corrected chi connectivity index (χ0v) is 12.9. The molecule has 0 aromatic carbocycles. The van der Waals surface area contributed by atoms with Crippen molar-refractivity contribution in [1.82, 2.24) is 15.2 Å². The number of aromatic nitrogens is 1. The van der Waals surface area contributed by atoms with E-state index in [2.05, 4.69) is 35.1 Å². The number of nitrogens with one attached hydrogen (secondary N) is 1. The zero-order chi connectivity index (χ0) is 14.4. The van der Waals surface area contributed by atoms with Crippen molar-refractivity contribution in [3.63, 3.8) is 0 Å². The molecule has 1 saturated heterocycles. The predicted octanol–water partition coefficient (Wildman–Crippen LogP) is 2.44. The van der Waals surface area contributed by atoms with Crippen molar-refractivity contribution in [1.29, 1.82) is 0 Å². The van der Waals surface area contributed by atoms with Gasteiger partial charge in [0, 0.05) is 31.2 Å². The summed E-state index contributed by atoms with van der Waals surface area (Å²) in [5, 5.41) is 3.57. The van der Waals surface area contributed by atoms with E-state index in [9.17, 15) is 0 Å². The monoisotopic (exact) mass is 277 g/mol. The molecule has 4 heteroatoms. The van der Waals surface area contributed by atoms with E-state index >= 15 is 0 Å². The molecular weight excluding hydrogens is 250 g/mol. The highest BCUT2D eigenvalue weighted by atomic mass is 16.5. The average molecular weight is 277 g/mol. The molecule has 2 rings (SSSR count). The maximum atomic E-state index is 5.21. The first-order valence-corrected chi connectivity index (χ1v) is 7.66. The Kier molecular flexibility index (Phi) is 5.80. The fourth-order valence-electron chi connectivity index (χ4n) is 2.74. The van der Waals surface area contributed by atoms with Crippen molar-refractivity contribution in [2.24, 2.45) is 0 Å². The van der Waals surface area contributed by atoms with Crippen molar-refractivity contribution in [3.05, 3.63) is 23.9 Å². The lowest BCUT2D eigenvalue weighted by Crippen LogP contribution is -2.46. The van der Waals surface area contributed by atoms with E-state index in [1.54, 1.807) is 7.11 Å². The molecule has 1 aromatic heterocycles. The number of hydrogen-bond donors (Lipinski definition) is 1. The fourth-order valence-corrected chi connectivity index (χ4v) is 2.74. The molecule has 1 fully saturated rings. The Morgan fingerprint density at radius 1 is 1.40 bits per heavy atom. The van der Waals surface area contributed by atoms with Crippen molar-refractivity contribution < 1.29 is 4.74 Å². The Labute approximate surface area is 122 Å². The highest BCUT2D eigenvalue weighted by Crippen LogP contribution is 2.19. The molecule has 1 aliphatic heterocycles. The van der Waals surface area contributed by atoms with E-state index in [0.29, 0.717) is 18.0 Å². The minimum absolute atomic E-state index is 0.550. The average Bonchev–Trinajstić information content (AvgIpc) is 2.46. The Morgan fingerprint density at radius 2 is 2.25 bits per heavy atom. The van der Waals surface area contributed by atoms with Gasteiger partial charge in [-0.2, -0.15) is 0 Å². The summed E-state index contributed by atoms with van der Waals surface area (Å²) in [6, 6.07) is 7.18. The van der Waals surface area contributed by atoms with Crippen LogP contribution in [0.3, 0.4) is 0 Å². The van der Waals surface area contributed by atoms with Gasteiger partial charge in [-0.25, -0.2) is 4.98 Å². The largest absolute Gasteiger partial charge is 0.481 e. The second kappa shape index (κ2) is 7.60. The van der Waals surface area contributed by atoms with Crippen molar-refractivity contribution in [2.45, 2.75) is 51.7 Å². The molecule has 1 aliphatic rings. The van der Waals surface area contributed by atoms with Crippen LogP contribution in [0.25, 0.3) is 0 Å². The number of methoxy groups -OCH3 is 1. The minimum Gasteiger partial charge on any atom is -0.481 e. The van der Waals surface area contributed by atoms with Gasteiger partial charge in [0.15, 0.2) is 0 Å². The molecule has 1 unspecified atom stereocenters. The predicted molar refractivity (Wildman–Crippen MR) is 82.0 cm³/mol. The molecule has 112 valence electrons. The Morgan fingerprint density at radius 3 is 3.00 bits per heavy atom. The molecule has 1 atom stereocenters. The molecule has 0 radical (unpaired) electrons. The normalized spacial score (nSPS) is 20.3. The van der Waals surface area contributed by atoms with Gasteiger partial charge < -0.3 is 10.1 Å². The first kappa shape index (κ1) is 15.3. The topological polar surface area (TPSA) is 37.4 Å². The molecule has 0 aliphatic carbocycles. The van der Waals surface area contributed by atoms with Crippen LogP contribution in [-0.4, -0.2) is 42.2 Å². The highest BCUT2D eigenvalue weighted by molar-refractivity contribution is 5.15. The lowest BCUT2D eigenvalue weighted by atomic mass is 10.0. The summed E-state index contributed by atoms with van der Waals surface area (Å²) in [7, 11) is 1.67. The van der Waals surface area contributed by atoms with Crippen LogP contribution in [0.5, 0.6) is 5.88 Å². The summed E-state index contributed by atoms with van der Waals surface area (Å²) in [6.45, 7) is 7.57. The van der Waals surface area contributed by atoms with Crippen molar-refractivity contribution in [3.8, 4) is 5.88 Å². The smallest absolute Gasteiger partial charge is 0.213 e. The molecule has 0 saturated carbocycles. The van der Waals surface area contributed by atoms with Gasteiger partial charge in [0.25, 0.3) is 0 Å². The van der Waals surface area contributed by atoms with Crippen LogP contribution in [0, 0.1) is 0 Å². The van der Waals surface area contributed by atoms with Crippen LogP contribution < -0.4 is 10.1 Å². The quantitative estimate of drug-likeness (QED) is 0.866. The third kappa shape index (κ3) is 4.46. The molecule has 4 nitrogen and oxygen atoms in total. The lowest BCUT2D eigenvalue weighted by Gasteiger charge is -2.36. The van der Waals surface area contributed by atoms with Gasteiger partial charge in [-0.1, -0.05) is 26.3 Å². The van der Waals surface area contributed by atoms with Crippen LogP contribution in [0.4, 0.5) is 0 Å². The van der Waals surface area contributed by atoms with Crippen molar-refractivity contribution >= 4 is 0 Å². The molecule has 0 bridgehead atoms. The van der Waals surface area contributed by atoms with E-state index in [1.165, 1.54) is 25.8 Å². The van der Waals surface area contributed by atoms with E-state index in [0.717, 1.165) is 18.8 Å². The molecule has 0 spiro atoms. The Bertz CT molecular complexity index is 408. The summed E-state index contributed by atoms with van der Waals surface area (Å²) in [4.78, 5) is 7.09. The first-order valence-electron chi connectivity index (χ1n) is 7.66. The number of hydrogen-bond acceptors (Lipinski definition) is 4. The zero-order valence-electron chi connectivity index (χ0n) is 12.9. The molecule has 0 amide bonds. The summed E-state index contributed by atoms with van der Waals surface area (Å²) < 4.78 is 5.21. The van der Waals surface area contributed by atoms with E-state index in [1.807, 2.05) is 12.1 Å². The molecule has 2 heterocycles. The maximum Gasteiger partial charge on any atom is 0.213 e. The van der Waals surface area contributed by atoms with Crippen LogP contribution in [0.2, 0.25) is 0 Å². The maximum absolute atomic E-state index is 5.21. The standard InChI is InChI=1S/C16H27N3O/c1-13(2)17-11-15-8-4-5-10-19(15)12-14-7-6-9-16(18-14)20-3/h6-7,9,13,15,17H,4-5,8,10-12H2,1-3H3. The highest BCUT2D eigenvalue weighted by Gasteiger charge is 2.22. The summed E-state index contributed by atoms with van der Waals surface area (Å²) in [5.74, 6) is 0.705. The van der Waals surface area contributed by atoms with Crippen LogP contribution in [0.1, 0.15) is 38.8 Å². The Hall–Kier alpha value is -1.13. The van der Waals surface area contributed by atoms with E-state index in [4.69, 9.17) is 4.74 Å². The van der Waals surface area contributed by atoms with Gasteiger partial charge >= 0.3 is 0 Å². The van der Waals surface area contributed by atoms with E-state index in [-0.39, 0.29) is 0 Å². The molecule has 1 aromatic rings. The first-order chi connectivity index (χ1) is 9.69. The van der Waals surface area contributed by atoms with Gasteiger partial charge in [0.2, 0.25) is 5.88 Å². The summed E-state index contributed by atoms with van der Waals surface area (Å²) in [6.07, 6.45) is 3.91.